The van der Waals surface area contributed by atoms with Crippen LogP contribution in [0.2, 0.25) is 0 Å². The minimum Gasteiger partial charge on any atom is -0.455 e. The van der Waals surface area contributed by atoms with Crippen LogP contribution < -0.4 is 0 Å². The molecule has 0 N–H and O–H groups in total. The van der Waals surface area contributed by atoms with Crippen LogP contribution in [0.15, 0.2) is 264 Å². The lowest BCUT2D eigenvalue weighted by Crippen LogP contribution is -2.00. The Balaban J connectivity index is 0.820. The number of nitrogens with zero attached hydrogens (tertiary/aromatic N) is 4. The number of aromatic nitrogens is 4. The third-order valence-electron chi connectivity index (χ3n) is 14.7. The van der Waals surface area contributed by atoms with Crippen molar-refractivity contribution in [3.63, 3.8) is 0 Å². The van der Waals surface area contributed by atoms with Gasteiger partial charge in [0.05, 0.1) is 16.7 Å². The van der Waals surface area contributed by atoms with Crippen LogP contribution in [0.25, 0.3) is 150 Å². The van der Waals surface area contributed by atoms with Gasteiger partial charge in [0, 0.05) is 54.6 Å². The molecule has 4 aromatic heterocycles. The number of hydrogen-bond donors (Lipinski definition) is 0. The van der Waals surface area contributed by atoms with Gasteiger partial charge in [-0.15, -0.1) is 0 Å². The summed E-state index contributed by atoms with van der Waals surface area (Å²) in [5.41, 5.74) is 18.2. The summed E-state index contributed by atoms with van der Waals surface area (Å²) in [6.45, 7) is 0. The molecule has 0 saturated carbocycles. The SMILES string of the molecule is c1ccc(-c2ccc3c(c2)c2ccccc2n3-c2cccc3c2oc2ccc(-c4cccc(-c5ccc(-c6cccc(-c7nc(-c8ccccc8)nc(-c8ccccc8)n7)c6)c6c5oc5ccccc56)c4)cc23)cc1. The number of rotatable bonds is 8. The van der Waals surface area contributed by atoms with Crippen molar-refractivity contribution in [3.8, 4) is 84.4 Å². The molecule has 4 heterocycles. The normalized spacial score (nSPS) is 11.7. The van der Waals surface area contributed by atoms with E-state index in [1.54, 1.807) is 0 Å². The summed E-state index contributed by atoms with van der Waals surface area (Å²) in [6, 6.07) is 89.2. The molecule has 0 saturated heterocycles. The van der Waals surface area contributed by atoms with Gasteiger partial charge < -0.3 is 13.4 Å². The second kappa shape index (κ2) is 17.3. The van der Waals surface area contributed by atoms with E-state index < -0.39 is 0 Å². The zero-order valence-corrected chi connectivity index (χ0v) is 40.4. The van der Waals surface area contributed by atoms with Gasteiger partial charge in [-0.3, -0.25) is 0 Å². The molecule has 0 radical (unpaired) electrons. The first-order valence-electron chi connectivity index (χ1n) is 25.2. The van der Waals surface area contributed by atoms with Gasteiger partial charge in [-0.1, -0.05) is 194 Å². The third-order valence-corrected chi connectivity index (χ3v) is 14.7. The molecule has 0 unspecified atom stereocenters. The fourth-order valence-corrected chi connectivity index (χ4v) is 11.1. The van der Waals surface area contributed by atoms with Gasteiger partial charge in [-0.05, 0) is 99.6 Å². The predicted octanol–water partition coefficient (Wildman–Crippen LogP) is 18.4. The molecule has 6 nitrogen and oxygen atoms in total. The summed E-state index contributed by atoms with van der Waals surface area (Å²) in [5.74, 6) is 1.86. The summed E-state index contributed by atoms with van der Waals surface area (Å²) in [4.78, 5) is 15.0. The second-order valence-electron chi connectivity index (χ2n) is 19.1. The molecule has 6 heteroatoms. The van der Waals surface area contributed by atoms with E-state index in [0.29, 0.717) is 17.5 Å². The molecule has 0 aliphatic rings. The van der Waals surface area contributed by atoms with Gasteiger partial charge in [0.1, 0.15) is 16.7 Å². The highest BCUT2D eigenvalue weighted by molar-refractivity contribution is 6.17. The van der Waals surface area contributed by atoms with Gasteiger partial charge in [0.2, 0.25) is 0 Å². The largest absolute Gasteiger partial charge is 0.455 e. The predicted molar refractivity (Wildman–Crippen MR) is 307 cm³/mol. The smallest absolute Gasteiger partial charge is 0.164 e. The number of benzene rings is 11. The second-order valence-corrected chi connectivity index (χ2v) is 19.1. The Kier molecular flexibility index (Phi) is 9.78. The van der Waals surface area contributed by atoms with Crippen LogP contribution in [0.1, 0.15) is 0 Å². The zero-order chi connectivity index (χ0) is 49.4. The number of fused-ring (bicyclic) bond motifs is 9. The number of para-hydroxylation sites is 3. The van der Waals surface area contributed by atoms with E-state index in [9.17, 15) is 0 Å². The Morgan fingerprint density at radius 1 is 0.267 bits per heavy atom. The molecule has 0 aliphatic heterocycles. The Hall–Kier alpha value is -10.2. The lowest BCUT2D eigenvalue weighted by Gasteiger charge is -2.12. The van der Waals surface area contributed by atoms with Crippen molar-refractivity contribution in [3.05, 3.63) is 255 Å². The molecule has 0 fully saturated rings. The van der Waals surface area contributed by atoms with Crippen molar-refractivity contribution in [2.24, 2.45) is 0 Å². The van der Waals surface area contributed by atoms with E-state index >= 15 is 0 Å². The van der Waals surface area contributed by atoms with Gasteiger partial charge in [-0.2, -0.15) is 0 Å². The third kappa shape index (κ3) is 7.14. The Morgan fingerprint density at radius 3 is 1.51 bits per heavy atom. The van der Waals surface area contributed by atoms with Crippen LogP contribution in [0.4, 0.5) is 0 Å². The van der Waals surface area contributed by atoms with E-state index in [2.05, 4.69) is 193 Å². The van der Waals surface area contributed by atoms with Crippen molar-refractivity contribution in [1.82, 2.24) is 19.5 Å². The highest BCUT2D eigenvalue weighted by Gasteiger charge is 2.22. The van der Waals surface area contributed by atoms with Crippen molar-refractivity contribution < 1.29 is 8.83 Å². The topological polar surface area (TPSA) is 69.9 Å². The van der Waals surface area contributed by atoms with Crippen molar-refractivity contribution in [1.29, 1.82) is 0 Å². The molecule has 0 bridgehead atoms. The molecule has 15 aromatic rings. The molecular formula is C69H42N4O2. The summed E-state index contributed by atoms with van der Waals surface area (Å²) < 4.78 is 16.1. The number of hydrogen-bond acceptors (Lipinski definition) is 5. The van der Waals surface area contributed by atoms with Crippen molar-refractivity contribution >= 4 is 65.7 Å². The fraction of sp³-hybridized carbons (Fsp3) is 0. The van der Waals surface area contributed by atoms with Gasteiger partial charge in [0.25, 0.3) is 0 Å². The van der Waals surface area contributed by atoms with Crippen LogP contribution in [0.5, 0.6) is 0 Å². The molecule has 0 spiro atoms. The molecule has 350 valence electrons. The maximum absolute atomic E-state index is 6.86. The highest BCUT2D eigenvalue weighted by Crippen LogP contribution is 2.44. The quantitative estimate of drug-likeness (QED) is 0.152. The van der Waals surface area contributed by atoms with Crippen LogP contribution >= 0.6 is 0 Å². The van der Waals surface area contributed by atoms with Crippen LogP contribution in [-0.4, -0.2) is 19.5 Å². The van der Waals surface area contributed by atoms with E-state index in [0.717, 1.165) is 111 Å². The maximum Gasteiger partial charge on any atom is 0.164 e. The molecule has 15 rings (SSSR count). The Morgan fingerprint density at radius 2 is 0.747 bits per heavy atom. The fourth-order valence-electron chi connectivity index (χ4n) is 11.1. The molecular weight excluding hydrogens is 917 g/mol. The molecule has 75 heavy (non-hydrogen) atoms. The van der Waals surface area contributed by atoms with Crippen LogP contribution in [0.3, 0.4) is 0 Å². The van der Waals surface area contributed by atoms with Crippen LogP contribution in [-0.2, 0) is 0 Å². The lowest BCUT2D eigenvalue weighted by atomic mass is 9.92. The van der Waals surface area contributed by atoms with E-state index in [1.807, 2.05) is 66.7 Å². The minimum atomic E-state index is 0.606. The first-order chi connectivity index (χ1) is 37.2. The summed E-state index contributed by atoms with van der Waals surface area (Å²) >= 11 is 0. The molecule has 0 atom stereocenters. The highest BCUT2D eigenvalue weighted by atomic mass is 16.3. The van der Waals surface area contributed by atoms with Gasteiger partial charge >= 0.3 is 0 Å². The monoisotopic (exact) mass is 958 g/mol. The standard InChI is InChI=1S/C69H42N4O2/c1-4-17-43(18-5-1)47-33-37-60-57(41-47)54-27-10-12-30-59(54)73(60)61-31-16-29-55-58-42-48(34-38-63(58)74-65(55)61)46-23-14-25-50(39-46)53-36-35-52(64-56-28-11-13-32-62(56)75-66(53)64)49-24-15-26-51(40-49)69-71-67(44-19-6-2-7-20-44)70-68(72-69)45-21-8-3-9-22-45/h1-42H. The Bertz CT molecular complexity index is 4650. The van der Waals surface area contributed by atoms with Crippen molar-refractivity contribution in [2.45, 2.75) is 0 Å². The summed E-state index contributed by atoms with van der Waals surface area (Å²) in [6.07, 6.45) is 0. The van der Waals surface area contributed by atoms with E-state index in [1.165, 1.54) is 21.9 Å². The molecule has 0 aliphatic carbocycles. The average molecular weight is 959 g/mol. The van der Waals surface area contributed by atoms with Gasteiger partial charge in [-0.25, -0.2) is 15.0 Å². The first-order valence-corrected chi connectivity index (χ1v) is 25.2. The first kappa shape index (κ1) is 42.5. The van der Waals surface area contributed by atoms with Gasteiger partial charge in [0.15, 0.2) is 23.1 Å². The lowest BCUT2D eigenvalue weighted by molar-refractivity contribution is 0.666. The van der Waals surface area contributed by atoms with E-state index in [4.69, 9.17) is 23.8 Å². The summed E-state index contributed by atoms with van der Waals surface area (Å²) in [5, 5.41) is 6.66. The zero-order valence-electron chi connectivity index (χ0n) is 40.4. The number of furan rings is 2. The van der Waals surface area contributed by atoms with Crippen LogP contribution in [0, 0.1) is 0 Å². The average Bonchev–Trinajstić information content (AvgIpc) is 4.18. The van der Waals surface area contributed by atoms with E-state index in [-0.39, 0.29) is 0 Å². The van der Waals surface area contributed by atoms with Crippen molar-refractivity contribution in [2.75, 3.05) is 0 Å². The summed E-state index contributed by atoms with van der Waals surface area (Å²) in [7, 11) is 0. The molecule has 0 amide bonds. The Labute approximate surface area is 431 Å². The molecule has 11 aromatic carbocycles. The maximum atomic E-state index is 6.86. The minimum absolute atomic E-state index is 0.606.